The minimum atomic E-state index is -4.70. The molecule has 1 unspecified atom stereocenters. The number of hydrogen-bond acceptors (Lipinski definition) is 8. The zero-order valence-corrected chi connectivity index (χ0v) is 15.7. The highest BCUT2D eigenvalue weighted by molar-refractivity contribution is 7.99. The summed E-state index contributed by atoms with van der Waals surface area (Å²) >= 11 is 1.65. The molecule has 7 nitrogen and oxygen atoms in total. The van der Waals surface area contributed by atoms with Gasteiger partial charge in [-0.05, 0) is 5.56 Å². The second-order valence-electron chi connectivity index (χ2n) is 6.48. The third-order valence-electron chi connectivity index (χ3n) is 4.55. The van der Waals surface area contributed by atoms with Crippen LogP contribution in [-0.2, 0) is 12.7 Å². The maximum Gasteiger partial charge on any atom is 0.471 e. The number of rotatable bonds is 5. The van der Waals surface area contributed by atoms with E-state index >= 15 is 0 Å². The van der Waals surface area contributed by atoms with E-state index < -0.39 is 22.9 Å². The summed E-state index contributed by atoms with van der Waals surface area (Å²) in [7, 11) is 0. The van der Waals surface area contributed by atoms with Crippen molar-refractivity contribution in [3.05, 3.63) is 61.7 Å². The molecule has 2 N–H and O–H groups in total. The molecule has 1 fully saturated rings. The minimum Gasteiger partial charge on any atom is -0.377 e. The van der Waals surface area contributed by atoms with Crippen LogP contribution in [0.15, 0.2) is 38.4 Å². The van der Waals surface area contributed by atoms with Gasteiger partial charge in [-0.15, -0.1) is 0 Å². The van der Waals surface area contributed by atoms with Crippen LogP contribution in [0.1, 0.15) is 22.3 Å². The fraction of sp³-hybridized carbons (Fsp3) is 0.333. The molecule has 1 aromatic heterocycles. The molecule has 1 atom stereocenters. The number of benzene rings is 1. The Kier molecular flexibility index (Phi) is 5.17. The first-order chi connectivity index (χ1) is 13.8. The zero-order valence-electron chi connectivity index (χ0n) is 14.9. The number of aromatic nitrogens is 2. The smallest absolute Gasteiger partial charge is 0.377 e. The topological polar surface area (TPSA) is 97.1 Å². The molecule has 152 valence electrons. The van der Waals surface area contributed by atoms with Crippen molar-refractivity contribution in [2.24, 2.45) is 0 Å². The van der Waals surface area contributed by atoms with Gasteiger partial charge < -0.3 is 15.2 Å². The van der Waals surface area contributed by atoms with Crippen molar-refractivity contribution in [2.45, 2.75) is 18.0 Å². The van der Waals surface area contributed by atoms with Crippen LogP contribution < -0.4 is 21.5 Å². The van der Waals surface area contributed by atoms with Crippen LogP contribution in [-0.4, -0.2) is 29.0 Å². The largest absolute Gasteiger partial charge is 0.471 e. The van der Waals surface area contributed by atoms with Gasteiger partial charge in [0.15, 0.2) is 0 Å². The summed E-state index contributed by atoms with van der Waals surface area (Å²) in [6, 6.07) is 6.47. The fourth-order valence-corrected chi connectivity index (χ4v) is 4.23. The number of halogens is 3. The van der Waals surface area contributed by atoms with Gasteiger partial charge in [0.1, 0.15) is 0 Å². The van der Waals surface area contributed by atoms with E-state index in [1.807, 2.05) is 0 Å². The van der Waals surface area contributed by atoms with Crippen LogP contribution in [0, 0.1) is 0 Å². The van der Waals surface area contributed by atoms with Gasteiger partial charge in [-0.1, -0.05) is 29.4 Å². The average Bonchev–Trinajstić information content (AvgIpc) is 3.22. The quantitative estimate of drug-likeness (QED) is 0.603. The Balaban J connectivity index is 1.44. The highest BCUT2D eigenvalue weighted by Gasteiger charge is 2.38. The van der Waals surface area contributed by atoms with E-state index in [4.69, 9.17) is 0 Å². The van der Waals surface area contributed by atoms with E-state index in [0.29, 0.717) is 29.9 Å². The number of nitrogens with one attached hydrogen (secondary N) is 2. The molecule has 0 spiro atoms. The molecular formula is C18H15F3N4O3S. The van der Waals surface area contributed by atoms with Crippen LogP contribution in [0.25, 0.3) is 11.4 Å². The zero-order chi connectivity index (χ0) is 20.6. The normalized spacial score (nSPS) is 17.6. The lowest BCUT2D eigenvalue weighted by Gasteiger charge is -2.25. The van der Waals surface area contributed by atoms with Crippen molar-refractivity contribution >= 4 is 17.4 Å². The number of alkyl halides is 3. The van der Waals surface area contributed by atoms with E-state index in [-0.39, 0.29) is 11.1 Å². The fourth-order valence-electron chi connectivity index (χ4n) is 3.06. The second kappa shape index (κ2) is 7.64. The van der Waals surface area contributed by atoms with E-state index in [9.17, 15) is 22.8 Å². The summed E-state index contributed by atoms with van der Waals surface area (Å²) in [5, 5.41) is 9.52. The van der Waals surface area contributed by atoms with Gasteiger partial charge >= 0.3 is 12.1 Å². The van der Waals surface area contributed by atoms with E-state index in [1.54, 1.807) is 36.0 Å². The highest BCUT2D eigenvalue weighted by atomic mass is 32.2. The van der Waals surface area contributed by atoms with Gasteiger partial charge in [0.25, 0.3) is 0 Å². The first kappa shape index (κ1) is 19.6. The molecule has 0 radical (unpaired) electrons. The summed E-state index contributed by atoms with van der Waals surface area (Å²) in [6.45, 7) is 1.81. The lowest BCUT2D eigenvalue weighted by Crippen LogP contribution is -2.42. The number of anilines is 1. The van der Waals surface area contributed by atoms with Gasteiger partial charge in [-0.2, -0.15) is 29.9 Å². The Morgan fingerprint density at radius 3 is 2.59 bits per heavy atom. The Bertz CT molecular complexity index is 1080. The van der Waals surface area contributed by atoms with Crippen molar-refractivity contribution < 1.29 is 17.7 Å². The third kappa shape index (κ3) is 3.92. The van der Waals surface area contributed by atoms with Crippen LogP contribution in [0.5, 0.6) is 0 Å². The SMILES string of the molecule is O=c1c(NCc2ccc(-c3noc(C(F)(F)F)n3)cc2)c(C2CNCCS2)c1=O. The molecule has 2 heterocycles. The van der Waals surface area contributed by atoms with Crippen LogP contribution >= 0.6 is 11.8 Å². The number of thioether (sulfide) groups is 1. The second-order valence-corrected chi connectivity index (χ2v) is 7.79. The van der Waals surface area contributed by atoms with Crippen molar-refractivity contribution in [3.8, 4) is 11.4 Å². The van der Waals surface area contributed by atoms with Gasteiger partial charge in [0, 0.05) is 41.8 Å². The monoisotopic (exact) mass is 424 g/mol. The molecule has 1 aliphatic heterocycles. The Morgan fingerprint density at radius 2 is 1.97 bits per heavy atom. The molecule has 11 heteroatoms. The molecule has 2 aromatic carbocycles. The van der Waals surface area contributed by atoms with Crippen molar-refractivity contribution in [2.75, 3.05) is 24.2 Å². The van der Waals surface area contributed by atoms with Crippen molar-refractivity contribution in [3.63, 3.8) is 0 Å². The third-order valence-corrected chi connectivity index (χ3v) is 5.79. The minimum absolute atomic E-state index is 0.0418. The molecule has 0 aliphatic carbocycles. The van der Waals surface area contributed by atoms with E-state index in [2.05, 4.69) is 25.3 Å². The summed E-state index contributed by atoms with van der Waals surface area (Å²) in [5.74, 6) is -0.694. The molecule has 1 aliphatic rings. The Labute approximate surface area is 166 Å². The van der Waals surface area contributed by atoms with Crippen LogP contribution in [0.2, 0.25) is 0 Å². The molecule has 0 amide bonds. The maximum atomic E-state index is 12.6. The Morgan fingerprint density at radius 1 is 1.21 bits per heavy atom. The predicted octanol–water partition coefficient (Wildman–Crippen LogP) is 2.34. The lowest BCUT2D eigenvalue weighted by atomic mass is 10.0. The molecule has 0 bridgehead atoms. The van der Waals surface area contributed by atoms with E-state index in [0.717, 1.165) is 17.9 Å². The van der Waals surface area contributed by atoms with Crippen molar-refractivity contribution in [1.29, 1.82) is 0 Å². The van der Waals surface area contributed by atoms with Crippen LogP contribution in [0.3, 0.4) is 0 Å². The standard InChI is InChI=1S/C18H15F3N4O3S/c19-18(20,21)17-24-16(25-28-17)10-3-1-9(2-4-10)7-23-13-12(14(26)15(13)27)11-8-22-5-6-29-11/h1-4,11,22-23H,5-8H2. The molecular weight excluding hydrogens is 409 g/mol. The molecule has 29 heavy (non-hydrogen) atoms. The molecule has 4 rings (SSSR count). The van der Waals surface area contributed by atoms with Gasteiger partial charge in [-0.25, -0.2) is 0 Å². The van der Waals surface area contributed by atoms with Crippen molar-refractivity contribution in [1.82, 2.24) is 15.5 Å². The molecule has 3 aromatic rings. The molecule has 1 saturated heterocycles. The molecule has 0 saturated carbocycles. The van der Waals surface area contributed by atoms with Gasteiger partial charge in [0.2, 0.25) is 16.7 Å². The summed E-state index contributed by atoms with van der Waals surface area (Å²) in [5.41, 5.74) is 1.05. The van der Waals surface area contributed by atoms with Gasteiger partial charge in [0.05, 0.1) is 5.69 Å². The maximum absolute atomic E-state index is 12.6. The first-order valence-corrected chi connectivity index (χ1v) is 9.79. The Hall–Kier alpha value is -2.66. The van der Waals surface area contributed by atoms with Gasteiger partial charge in [-0.3, -0.25) is 9.59 Å². The average molecular weight is 424 g/mol. The highest BCUT2D eigenvalue weighted by Crippen LogP contribution is 2.32. The summed E-state index contributed by atoms with van der Waals surface area (Å²) < 4.78 is 41.9. The number of nitrogens with zero attached hydrogens (tertiary/aromatic N) is 2. The summed E-state index contributed by atoms with van der Waals surface area (Å²) in [6.07, 6.45) is -4.70. The first-order valence-electron chi connectivity index (χ1n) is 8.74. The van der Waals surface area contributed by atoms with E-state index in [1.165, 1.54) is 0 Å². The predicted molar refractivity (Wildman–Crippen MR) is 101 cm³/mol. The number of hydrogen-bond donors (Lipinski definition) is 2. The lowest BCUT2D eigenvalue weighted by molar-refractivity contribution is -0.159. The summed E-state index contributed by atoms with van der Waals surface area (Å²) in [4.78, 5) is 27.2. The van der Waals surface area contributed by atoms with Crippen LogP contribution in [0.4, 0.5) is 18.9 Å².